The van der Waals surface area contributed by atoms with E-state index < -0.39 is 24.0 Å². The number of alkyl carbamates (subject to hydrolysis) is 1. The average molecular weight is 483 g/mol. The molecule has 2 atom stereocenters. The predicted octanol–water partition coefficient (Wildman–Crippen LogP) is 4.08. The van der Waals surface area contributed by atoms with Crippen molar-refractivity contribution >= 4 is 18.0 Å². The minimum absolute atomic E-state index is 0.0432. The van der Waals surface area contributed by atoms with Gasteiger partial charge in [-0.2, -0.15) is 0 Å². The van der Waals surface area contributed by atoms with Gasteiger partial charge in [0.25, 0.3) is 0 Å². The van der Waals surface area contributed by atoms with Gasteiger partial charge >= 0.3 is 12.1 Å². The summed E-state index contributed by atoms with van der Waals surface area (Å²) in [4.78, 5) is 36.5. The van der Waals surface area contributed by atoms with Crippen LogP contribution in [0, 0.1) is 0 Å². The minimum atomic E-state index is -1.05. The molecule has 0 radical (unpaired) electrons. The molecule has 2 unspecified atom stereocenters. The van der Waals surface area contributed by atoms with Crippen molar-refractivity contribution in [1.29, 1.82) is 0 Å². The molecule has 8 nitrogen and oxygen atoms in total. The molecule has 3 rings (SSSR count). The van der Waals surface area contributed by atoms with Crippen LogP contribution < -0.4 is 10.6 Å². The third-order valence-electron chi connectivity index (χ3n) is 6.12. The Hall–Kier alpha value is -3.39. The van der Waals surface area contributed by atoms with E-state index in [0.29, 0.717) is 6.61 Å². The molecule has 2 amide bonds. The summed E-state index contributed by atoms with van der Waals surface area (Å²) in [5.74, 6) is -1.61. The van der Waals surface area contributed by atoms with E-state index in [4.69, 9.17) is 14.6 Å². The summed E-state index contributed by atoms with van der Waals surface area (Å²) in [5.41, 5.74) is 4.40. The van der Waals surface area contributed by atoms with Gasteiger partial charge in [-0.05, 0) is 42.0 Å². The molecule has 0 spiro atoms. The van der Waals surface area contributed by atoms with E-state index in [1.54, 1.807) is 0 Å². The van der Waals surface area contributed by atoms with E-state index in [9.17, 15) is 14.4 Å². The summed E-state index contributed by atoms with van der Waals surface area (Å²) in [6, 6.07) is 15.0. The van der Waals surface area contributed by atoms with E-state index >= 15 is 0 Å². The van der Waals surface area contributed by atoms with Gasteiger partial charge in [0.15, 0.2) is 0 Å². The Labute approximate surface area is 206 Å². The van der Waals surface area contributed by atoms with Crippen molar-refractivity contribution in [3.05, 3.63) is 59.7 Å². The van der Waals surface area contributed by atoms with Crippen LogP contribution in [-0.4, -0.2) is 55.0 Å². The molecule has 3 N–H and O–H groups in total. The average Bonchev–Trinajstić information content (AvgIpc) is 3.17. The highest BCUT2D eigenvalue weighted by atomic mass is 16.5. The number of fused-ring (bicyclic) bond motifs is 3. The van der Waals surface area contributed by atoms with Gasteiger partial charge < -0.3 is 25.2 Å². The first kappa shape index (κ1) is 26.2. The summed E-state index contributed by atoms with van der Waals surface area (Å²) in [6.07, 6.45) is 0.495. The molecule has 35 heavy (non-hydrogen) atoms. The molecule has 188 valence electrons. The quantitative estimate of drug-likeness (QED) is 0.396. The number of rotatable bonds is 13. The van der Waals surface area contributed by atoms with Crippen molar-refractivity contribution < 1.29 is 29.0 Å². The van der Waals surface area contributed by atoms with Crippen molar-refractivity contribution in [3.63, 3.8) is 0 Å². The lowest BCUT2D eigenvalue weighted by Gasteiger charge is -2.21. The molecule has 0 saturated heterocycles. The third kappa shape index (κ3) is 7.05. The number of benzene rings is 2. The minimum Gasteiger partial charge on any atom is -0.481 e. The van der Waals surface area contributed by atoms with Gasteiger partial charge in [0.05, 0.1) is 6.10 Å². The molecular weight excluding hydrogens is 448 g/mol. The summed E-state index contributed by atoms with van der Waals surface area (Å²) in [7, 11) is 0. The molecular formula is C27H34N2O6. The summed E-state index contributed by atoms with van der Waals surface area (Å²) < 4.78 is 11.2. The second-order valence-corrected chi connectivity index (χ2v) is 8.57. The first-order valence-electron chi connectivity index (χ1n) is 12.2. The zero-order valence-electron chi connectivity index (χ0n) is 20.3. The van der Waals surface area contributed by atoms with Crippen LogP contribution in [0.2, 0.25) is 0 Å². The molecule has 0 aliphatic heterocycles. The number of carboxylic acid groups (broad SMARTS) is 1. The largest absolute Gasteiger partial charge is 0.481 e. The van der Waals surface area contributed by atoms with Crippen LogP contribution in [0.25, 0.3) is 11.1 Å². The van der Waals surface area contributed by atoms with E-state index in [2.05, 4.69) is 22.8 Å². The number of hydrogen-bond donors (Lipinski definition) is 3. The standard InChI is InChI=1S/C27H34N2O6/c1-3-9-18(34-4-2)16-28-26(32)24(14-15-25(30)31)29-27(33)35-17-23-21-12-7-5-10-19(21)20-11-6-8-13-22(20)23/h5-8,10-13,18,23-24H,3-4,9,14-17H2,1-2H3,(H,28,32)(H,29,33)(H,30,31). The number of carbonyl (C=O) groups is 3. The Morgan fingerprint density at radius 3 is 2.17 bits per heavy atom. The predicted molar refractivity (Wildman–Crippen MR) is 132 cm³/mol. The first-order chi connectivity index (χ1) is 16.9. The van der Waals surface area contributed by atoms with E-state index in [-0.39, 0.29) is 38.0 Å². The highest BCUT2D eigenvalue weighted by molar-refractivity contribution is 5.86. The Morgan fingerprint density at radius 2 is 1.60 bits per heavy atom. The van der Waals surface area contributed by atoms with Gasteiger partial charge in [0.1, 0.15) is 12.6 Å². The summed E-state index contributed by atoms with van der Waals surface area (Å²) in [6.45, 7) is 4.84. The number of aliphatic carboxylic acids is 1. The maximum Gasteiger partial charge on any atom is 0.407 e. The maximum absolute atomic E-state index is 12.8. The number of hydrogen-bond acceptors (Lipinski definition) is 5. The van der Waals surface area contributed by atoms with E-state index in [1.165, 1.54) is 0 Å². The summed E-state index contributed by atoms with van der Waals surface area (Å²) in [5, 5.41) is 14.4. The number of ether oxygens (including phenoxy) is 2. The highest BCUT2D eigenvalue weighted by Crippen LogP contribution is 2.44. The molecule has 2 aromatic carbocycles. The lowest BCUT2D eigenvalue weighted by atomic mass is 9.98. The third-order valence-corrected chi connectivity index (χ3v) is 6.12. The Bertz CT molecular complexity index is 973. The molecule has 0 bridgehead atoms. The molecule has 1 aliphatic rings. The lowest BCUT2D eigenvalue weighted by molar-refractivity contribution is -0.137. The van der Waals surface area contributed by atoms with Crippen LogP contribution >= 0.6 is 0 Å². The van der Waals surface area contributed by atoms with Gasteiger partial charge in [0.2, 0.25) is 5.91 Å². The zero-order valence-corrected chi connectivity index (χ0v) is 20.3. The number of carboxylic acids is 1. The molecule has 2 aromatic rings. The van der Waals surface area contributed by atoms with Crippen molar-refractivity contribution in [3.8, 4) is 11.1 Å². The number of amides is 2. The van der Waals surface area contributed by atoms with Crippen molar-refractivity contribution in [2.45, 2.75) is 57.6 Å². The fourth-order valence-electron chi connectivity index (χ4n) is 4.46. The van der Waals surface area contributed by atoms with Crippen molar-refractivity contribution in [2.75, 3.05) is 19.8 Å². The van der Waals surface area contributed by atoms with Crippen molar-refractivity contribution in [2.24, 2.45) is 0 Å². The van der Waals surface area contributed by atoms with Gasteiger partial charge in [-0.15, -0.1) is 0 Å². The second kappa shape index (κ2) is 12.9. The molecule has 0 aromatic heterocycles. The zero-order chi connectivity index (χ0) is 25.2. The monoisotopic (exact) mass is 482 g/mol. The van der Waals surface area contributed by atoms with Crippen LogP contribution in [-0.2, 0) is 19.1 Å². The van der Waals surface area contributed by atoms with Gasteiger partial charge in [0, 0.05) is 25.5 Å². The Kier molecular flexibility index (Phi) is 9.66. The molecule has 0 heterocycles. The first-order valence-corrected chi connectivity index (χ1v) is 12.2. The second-order valence-electron chi connectivity index (χ2n) is 8.57. The maximum atomic E-state index is 12.8. The van der Waals surface area contributed by atoms with Crippen LogP contribution in [0.4, 0.5) is 4.79 Å². The molecule has 1 aliphatic carbocycles. The Balaban J connectivity index is 1.61. The van der Waals surface area contributed by atoms with Crippen LogP contribution in [0.5, 0.6) is 0 Å². The fraction of sp³-hybridized carbons (Fsp3) is 0.444. The SMILES string of the molecule is CCCC(CNC(=O)C(CCC(=O)O)NC(=O)OCC1c2ccccc2-c2ccccc21)OCC. The van der Waals surface area contributed by atoms with Crippen LogP contribution in [0.3, 0.4) is 0 Å². The van der Waals surface area contributed by atoms with Gasteiger partial charge in [-0.3, -0.25) is 9.59 Å². The van der Waals surface area contributed by atoms with E-state index in [1.807, 2.05) is 50.2 Å². The van der Waals surface area contributed by atoms with Gasteiger partial charge in [-0.1, -0.05) is 61.9 Å². The summed E-state index contributed by atoms with van der Waals surface area (Å²) >= 11 is 0. The molecule has 0 fully saturated rings. The fourth-order valence-corrected chi connectivity index (χ4v) is 4.46. The van der Waals surface area contributed by atoms with E-state index in [0.717, 1.165) is 35.1 Å². The van der Waals surface area contributed by atoms with Crippen molar-refractivity contribution in [1.82, 2.24) is 10.6 Å². The Morgan fingerprint density at radius 1 is 0.971 bits per heavy atom. The smallest absolute Gasteiger partial charge is 0.407 e. The topological polar surface area (TPSA) is 114 Å². The highest BCUT2D eigenvalue weighted by Gasteiger charge is 2.30. The van der Waals surface area contributed by atoms with Crippen LogP contribution in [0.1, 0.15) is 56.6 Å². The molecule has 8 heteroatoms. The lowest BCUT2D eigenvalue weighted by Crippen LogP contribution is -2.49. The normalized spacial score (nSPS) is 13.9. The number of carbonyl (C=O) groups excluding carboxylic acids is 2. The van der Waals surface area contributed by atoms with Gasteiger partial charge in [-0.25, -0.2) is 4.79 Å². The van der Waals surface area contributed by atoms with Crippen LogP contribution in [0.15, 0.2) is 48.5 Å². The molecule has 0 saturated carbocycles. The number of nitrogens with one attached hydrogen (secondary N) is 2.